The van der Waals surface area contributed by atoms with Crippen molar-refractivity contribution in [2.45, 2.75) is 6.54 Å². The van der Waals surface area contributed by atoms with Crippen LogP contribution in [-0.2, 0) is 21.5 Å². The molecular formula is C10H10N2O5S. The number of amides is 1. The summed E-state index contributed by atoms with van der Waals surface area (Å²) in [7, 11) is -3.74. The van der Waals surface area contributed by atoms with Crippen molar-refractivity contribution >= 4 is 22.1 Å². The Bertz CT molecular complexity index is 593. The van der Waals surface area contributed by atoms with Crippen molar-refractivity contribution in [3.63, 3.8) is 0 Å². The Kier molecular flexibility index (Phi) is 3.05. The molecular weight excluding hydrogens is 260 g/mol. The van der Waals surface area contributed by atoms with Crippen LogP contribution in [0.3, 0.4) is 0 Å². The van der Waals surface area contributed by atoms with Crippen molar-refractivity contribution in [1.82, 2.24) is 9.03 Å². The van der Waals surface area contributed by atoms with Crippen LogP contribution in [0.1, 0.15) is 15.9 Å². The minimum absolute atomic E-state index is 0.0287. The van der Waals surface area contributed by atoms with Crippen molar-refractivity contribution in [1.29, 1.82) is 0 Å². The highest BCUT2D eigenvalue weighted by atomic mass is 32.2. The first-order chi connectivity index (χ1) is 8.38. The van der Waals surface area contributed by atoms with Crippen LogP contribution in [0.25, 0.3) is 0 Å². The molecule has 0 aromatic heterocycles. The van der Waals surface area contributed by atoms with Crippen molar-refractivity contribution in [2.24, 2.45) is 0 Å². The lowest BCUT2D eigenvalue weighted by molar-refractivity contribution is -0.118. The number of nitrogens with zero attached hydrogens (tertiary/aromatic N) is 1. The maximum atomic E-state index is 11.5. The number of hydrogen-bond donors (Lipinski definition) is 2. The normalized spacial score (nSPS) is 18.6. The van der Waals surface area contributed by atoms with E-state index in [1.165, 1.54) is 24.3 Å². The fraction of sp³-hybridized carbons (Fsp3) is 0.200. The van der Waals surface area contributed by atoms with Gasteiger partial charge in [-0.25, -0.2) is 9.52 Å². The SMILES string of the molecule is O=C1CN(Cc2ccc(C(=O)O)cc2)S(=O)(=O)N1. The number of benzene rings is 1. The molecule has 1 heterocycles. The predicted molar refractivity (Wildman–Crippen MR) is 60.9 cm³/mol. The van der Waals surface area contributed by atoms with Gasteiger partial charge in [0.1, 0.15) is 0 Å². The highest BCUT2D eigenvalue weighted by Crippen LogP contribution is 2.13. The number of carboxylic acid groups (broad SMARTS) is 1. The van der Waals surface area contributed by atoms with Crippen LogP contribution in [-0.4, -0.2) is 36.3 Å². The number of aromatic carboxylic acids is 1. The summed E-state index contributed by atoms with van der Waals surface area (Å²) in [6, 6.07) is 5.80. The van der Waals surface area contributed by atoms with Gasteiger partial charge >= 0.3 is 16.2 Å². The molecule has 2 rings (SSSR count). The zero-order chi connectivity index (χ0) is 13.3. The summed E-state index contributed by atoms with van der Waals surface area (Å²) < 4.78 is 25.8. The summed E-state index contributed by atoms with van der Waals surface area (Å²) in [5, 5.41) is 8.72. The topological polar surface area (TPSA) is 104 Å². The largest absolute Gasteiger partial charge is 0.478 e. The molecule has 18 heavy (non-hydrogen) atoms. The van der Waals surface area contributed by atoms with Crippen LogP contribution in [0.4, 0.5) is 0 Å². The minimum atomic E-state index is -3.74. The fourth-order valence-corrected chi connectivity index (χ4v) is 2.67. The second-order valence-corrected chi connectivity index (χ2v) is 5.47. The van der Waals surface area contributed by atoms with Gasteiger partial charge in [-0.3, -0.25) is 4.79 Å². The van der Waals surface area contributed by atoms with E-state index in [1.807, 2.05) is 4.72 Å². The predicted octanol–water partition coefficient (Wildman–Crippen LogP) is -0.439. The maximum Gasteiger partial charge on any atom is 0.335 e. The first-order valence-electron chi connectivity index (χ1n) is 5.01. The van der Waals surface area contributed by atoms with Gasteiger partial charge in [0.2, 0.25) is 5.91 Å². The second kappa shape index (κ2) is 4.39. The number of carbonyl (C=O) groups excluding carboxylic acids is 1. The van der Waals surface area contributed by atoms with Gasteiger partial charge < -0.3 is 5.11 Å². The van der Waals surface area contributed by atoms with Crippen LogP contribution in [0.5, 0.6) is 0 Å². The lowest BCUT2D eigenvalue weighted by Crippen LogP contribution is -2.29. The molecule has 1 fully saturated rings. The molecule has 2 N–H and O–H groups in total. The van der Waals surface area contributed by atoms with Crippen molar-refractivity contribution in [2.75, 3.05) is 6.54 Å². The van der Waals surface area contributed by atoms with E-state index in [-0.39, 0.29) is 18.7 Å². The molecule has 0 unspecified atom stereocenters. The van der Waals surface area contributed by atoms with Crippen LogP contribution in [0.15, 0.2) is 24.3 Å². The van der Waals surface area contributed by atoms with E-state index in [1.54, 1.807) is 0 Å². The van der Waals surface area contributed by atoms with E-state index >= 15 is 0 Å². The van der Waals surface area contributed by atoms with Gasteiger partial charge in [0, 0.05) is 6.54 Å². The van der Waals surface area contributed by atoms with Crippen LogP contribution in [0, 0.1) is 0 Å². The van der Waals surface area contributed by atoms with Gasteiger partial charge in [-0.2, -0.15) is 12.7 Å². The molecule has 1 aliphatic heterocycles. The lowest BCUT2D eigenvalue weighted by Gasteiger charge is -2.11. The van der Waals surface area contributed by atoms with Crippen LogP contribution < -0.4 is 4.72 Å². The van der Waals surface area contributed by atoms with E-state index in [4.69, 9.17) is 5.11 Å². The molecule has 0 saturated carbocycles. The molecule has 0 aliphatic carbocycles. The van der Waals surface area contributed by atoms with E-state index in [0.717, 1.165) is 4.31 Å². The van der Waals surface area contributed by atoms with Crippen molar-refractivity contribution in [3.8, 4) is 0 Å². The molecule has 7 nitrogen and oxygen atoms in total. The van der Waals surface area contributed by atoms with E-state index < -0.39 is 22.1 Å². The van der Waals surface area contributed by atoms with Gasteiger partial charge in [0.15, 0.2) is 0 Å². The molecule has 0 spiro atoms. The molecule has 8 heteroatoms. The second-order valence-electron chi connectivity index (χ2n) is 3.80. The number of carboxylic acids is 1. The van der Waals surface area contributed by atoms with Gasteiger partial charge in [0.05, 0.1) is 12.1 Å². The number of carbonyl (C=O) groups is 2. The molecule has 1 aromatic rings. The number of hydrogen-bond acceptors (Lipinski definition) is 4. The summed E-state index contributed by atoms with van der Waals surface area (Å²) in [4.78, 5) is 21.6. The third-order valence-electron chi connectivity index (χ3n) is 2.46. The minimum Gasteiger partial charge on any atom is -0.478 e. The monoisotopic (exact) mass is 270 g/mol. The zero-order valence-corrected chi connectivity index (χ0v) is 9.98. The molecule has 0 bridgehead atoms. The van der Waals surface area contributed by atoms with Crippen LogP contribution >= 0.6 is 0 Å². The van der Waals surface area contributed by atoms with Gasteiger partial charge in [-0.1, -0.05) is 12.1 Å². The van der Waals surface area contributed by atoms with Crippen LogP contribution in [0.2, 0.25) is 0 Å². The van der Waals surface area contributed by atoms with E-state index in [2.05, 4.69) is 0 Å². The fourth-order valence-electron chi connectivity index (χ4n) is 1.58. The highest BCUT2D eigenvalue weighted by Gasteiger charge is 2.33. The quantitative estimate of drug-likeness (QED) is 0.775. The Morgan fingerprint density at radius 3 is 2.39 bits per heavy atom. The van der Waals surface area contributed by atoms with Gasteiger partial charge in [-0.15, -0.1) is 0 Å². The summed E-state index contributed by atoms with van der Waals surface area (Å²) in [5.74, 6) is -1.62. The summed E-state index contributed by atoms with van der Waals surface area (Å²) in [5.41, 5.74) is 0.734. The average molecular weight is 270 g/mol. The molecule has 0 atom stereocenters. The third-order valence-corrected chi connectivity index (χ3v) is 3.89. The molecule has 1 aromatic carbocycles. The standard InChI is InChI=1S/C10H10N2O5S/c13-9-6-12(18(16,17)11-9)5-7-1-3-8(4-2-7)10(14)15/h1-4H,5-6H2,(H,11,13)(H,14,15). The zero-order valence-electron chi connectivity index (χ0n) is 9.16. The average Bonchev–Trinajstić information content (AvgIpc) is 2.52. The van der Waals surface area contributed by atoms with E-state index in [9.17, 15) is 18.0 Å². The third kappa shape index (κ3) is 2.49. The Hall–Kier alpha value is -1.93. The lowest BCUT2D eigenvalue weighted by atomic mass is 10.1. The summed E-state index contributed by atoms with van der Waals surface area (Å²) in [6.07, 6.45) is 0. The molecule has 0 radical (unpaired) electrons. The Labute approximate surface area is 103 Å². The molecule has 96 valence electrons. The van der Waals surface area contributed by atoms with Crippen molar-refractivity contribution in [3.05, 3.63) is 35.4 Å². The smallest absolute Gasteiger partial charge is 0.335 e. The Morgan fingerprint density at radius 1 is 1.33 bits per heavy atom. The van der Waals surface area contributed by atoms with E-state index in [0.29, 0.717) is 5.56 Å². The Morgan fingerprint density at radius 2 is 1.94 bits per heavy atom. The Balaban J connectivity index is 2.15. The number of rotatable bonds is 3. The maximum absolute atomic E-state index is 11.5. The van der Waals surface area contributed by atoms with Gasteiger partial charge in [-0.05, 0) is 17.7 Å². The van der Waals surface area contributed by atoms with Gasteiger partial charge in [0.25, 0.3) is 0 Å². The number of nitrogens with one attached hydrogen (secondary N) is 1. The molecule has 1 aliphatic rings. The molecule has 1 saturated heterocycles. The summed E-state index contributed by atoms with van der Waals surface area (Å²) >= 11 is 0. The summed E-state index contributed by atoms with van der Waals surface area (Å²) in [6.45, 7) is -0.190. The van der Waals surface area contributed by atoms with Crippen molar-refractivity contribution < 1.29 is 23.1 Å². The first kappa shape index (κ1) is 12.5. The molecule has 1 amide bonds. The first-order valence-corrected chi connectivity index (χ1v) is 6.45. The highest BCUT2D eigenvalue weighted by molar-refractivity contribution is 7.88.